The molecule has 1 aromatic rings. The van der Waals surface area contributed by atoms with E-state index >= 15 is 0 Å². The number of hydrogen-bond donors (Lipinski definition) is 0. The van der Waals surface area contributed by atoms with Gasteiger partial charge in [-0.1, -0.05) is 6.07 Å². The van der Waals surface area contributed by atoms with Crippen LogP contribution in [-0.2, 0) is 14.3 Å². The van der Waals surface area contributed by atoms with Crippen molar-refractivity contribution in [2.75, 3.05) is 13.2 Å². The van der Waals surface area contributed by atoms with E-state index in [0.717, 1.165) is 16.0 Å². The van der Waals surface area contributed by atoms with Gasteiger partial charge in [-0.3, -0.25) is 4.79 Å². The van der Waals surface area contributed by atoms with E-state index in [1.165, 1.54) is 0 Å². The van der Waals surface area contributed by atoms with Crippen molar-refractivity contribution < 1.29 is 14.3 Å². The highest BCUT2D eigenvalue weighted by atomic mass is 32.1. The highest BCUT2D eigenvalue weighted by molar-refractivity contribution is 7.11. The average molecular weight is 222 g/mol. The molecule has 1 aromatic heterocycles. The average Bonchev–Trinajstić information content (AvgIpc) is 2.89. The number of ether oxygens (including phenoxy) is 2. The zero-order chi connectivity index (χ0) is 10.5. The van der Waals surface area contributed by atoms with E-state index in [9.17, 15) is 4.79 Å². The lowest BCUT2D eigenvalue weighted by Crippen LogP contribution is -2.50. The van der Waals surface area contributed by atoms with Gasteiger partial charge in [-0.15, -0.1) is 11.3 Å². The number of Topliss-reactive ketones (excluding diaryl/α,β-unsaturated/α-hetero) is 1. The molecular weight excluding hydrogens is 212 g/mol. The third-order valence-corrected chi connectivity index (χ3v) is 3.69. The molecule has 4 heteroatoms. The lowest BCUT2D eigenvalue weighted by atomic mass is 9.80. The molecule has 2 aliphatic rings. The summed E-state index contributed by atoms with van der Waals surface area (Å²) in [5.74, 6) is -1.09. The Bertz CT molecular complexity index is 438. The fraction of sp³-hybridized carbons (Fsp3) is 0.364. The minimum absolute atomic E-state index is 0.0246. The molecule has 1 aliphatic carbocycles. The molecule has 15 heavy (non-hydrogen) atoms. The molecular formula is C11H10O3S. The molecule has 0 N–H and O–H groups in total. The third kappa shape index (κ3) is 1.04. The Hall–Kier alpha value is -0.970. The summed E-state index contributed by atoms with van der Waals surface area (Å²) >= 11 is 1.60. The van der Waals surface area contributed by atoms with Gasteiger partial charge < -0.3 is 9.47 Å². The summed E-state index contributed by atoms with van der Waals surface area (Å²) in [6.45, 7) is 2.81. The van der Waals surface area contributed by atoms with Gasteiger partial charge >= 0.3 is 0 Å². The molecule has 2 heterocycles. The molecule has 0 saturated carbocycles. The van der Waals surface area contributed by atoms with E-state index in [0.29, 0.717) is 13.2 Å². The summed E-state index contributed by atoms with van der Waals surface area (Å²) in [7, 11) is 0. The summed E-state index contributed by atoms with van der Waals surface area (Å²) < 4.78 is 10.9. The molecule has 1 spiro atoms. The van der Waals surface area contributed by atoms with Crippen LogP contribution in [0.4, 0.5) is 0 Å². The van der Waals surface area contributed by atoms with Crippen LogP contribution in [0.1, 0.15) is 11.8 Å². The van der Waals surface area contributed by atoms with Crippen molar-refractivity contribution in [2.45, 2.75) is 12.7 Å². The summed E-state index contributed by atoms with van der Waals surface area (Å²) in [5.41, 5.74) is 1.68. The lowest BCUT2D eigenvalue weighted by molar-refractivity contribution is -0.162. The first-order valence-corrected chi connectivity index (χ1v) is 5.71. The van der Waals surface area contributed by atoms with Crippen molar-refractivity contribution in [1.82, 2.24) is 0 Å². The molecule has 1 aliphatic heterocycles. The Morgan fingerprint density at radius 2 is 2.13 bits per heavy atom. The summed E-state index contributed by atoms with van der Waals surface area (Å²) in [5, 5.41) is 1.99. The number of thiophene rings is 1. The monoisotopic (exact) mass is 222 g/mol. The van der Waals surface area contributed by atoms with Crippen molar-refractivity contribution in [3.63, 3.8) is 0 Å². The standard InChI is InChI=1S/C11H10O3S/c1-7-9(8-3-2-6-15-8)11(10(7)12)13-4-5-14-11/h2-3,6H,4-5H2,1H3. The van der Waals surface area contributed by atoms with Gasteiger partial charge in [-0.25, -0.2) is 0 Å². The second-order valence-corrected chi connectivity index (χ2v) is 4.57. The predicted octanol–water partition coefficient (Wildman–Crippen LogP) is 1.85. The highest BCUT2D eigenvalue weighted by Gasteiger charge is 2.57. The van der Waals surface area contributed by atoms with Crippen LogP contribution in [0, 0.1) is 0 Å². The largest absolute Gasteiger partial charge is 0.337 e. The van der Waals surface area contributed by atoms with Crippen LogP contribution in [0.15, 0.2) is 23.1 Å². The Morgan fingerprint density at radius 1 is 1.40 bits per heavy atom. The molecule has 3 nitrogen and oxygen atoms in total. The first-order valence-electron chi connectivity index (χ1n) is 4.83. The Morgan fingerprint density at radius 3 is 2.73 bits per heavy atom. The summed E-state index contributed by atoms with van der Waals surface area (Å²) in [6.07, 6.45) is 0. The number of carbonyl (C=O) groups excluding carboxylic acids is 1. The van der Waals surface area contributed by atoms with Crippen molar-refractivity contribution in [3.8, 4) is 0 Å². The van der Waals surface area contributed by atoms with Crippen LogP contribution in [0.25, 0.3) is 5.57 Å². The van der Waals surface area contributed by atoms with Gasteiger partial charge in [0.1, 0.15) is 0 Å². The lowest BCUT2D eigenvalue weighted by Gasteiger charge is -2.37. The van der Waals surface area contributed by atoms with Gasteiger partial charge in [0, 0.05) is 16.0 Å². The molecule has 1 saturated heterocycles. The van der Waals surface area contributed by atoms with Gasteiger partial charge in [0.2, 0.25) is 5.78 Å². The van der Waals surface area contributed by atoms with Crippen LogP contribution >= 0.6 is 11.3 Å². The van der Waals surface area contributed by atoms with Crippen molar-refractivity contribution in [1.29, 1.82) is 0 Å². The maximum atomic E-state index is 11.8. The molecule has 0 radical (unpaired) electrons. The molecule has 3 rings (SSSR count). The summed E-state index contributed by atoms with van der Waals surface area (Å²) in [6, 6.07) is 3.95. The predicted molar refractivity (Wildman–Crippen MR) is 56.6 cm³/mol. The van der Waals surface area contributed by atoms with Crippen LogP contribution in [0.2, 0.25) is 0 Å². The second kappa shape index (κ2) is 3.01. The van der Waals surface area contributed by atoms with E-state index in [2.05, 4.69) is 0 Å². The summed E-state index contributed by atoms with van der Waals surface area (Å²) in [4.78, 5) is 12.9. The normalized spacial score (nSPS) is 23.7. The first kappa shape index (κ1) is 9.27. The van der Waals surface area contributed by atoms with Gasteiger partial charge in [-0.05, 0) is 18.4 Å². The minimum Gasteiger partial charge on any atom is -0.337 e. The maximum Gasteiger partial charge on any atom is 0.262 e. The molecule has 1 fully saturated rings. The quantitative estimate of drug-likeness (QED) is 0.727. The zero-order valence-corrected chi connectivity index (χ0v) is 9.10. The smallest absolute Gasteiger partial charge is 0.262 e. The molecule has 0 aromatic carbocycles. The fourth-order valence-corrected chi connectivity index (χ4v) is 2.98. The number of hydrogen-bond acceptors (Lipinski definition) is 4. The third-order valence-electron chi connectivity index (χ3n) is 2.81. The Balaban J connectivity index is 2.11. The SMILES string of the molecule is CC1=C(c2cccs2)C2(OCCO2)C1=O. The van der Waals surface area contributed by atoms with Crippen LogP contribution < -0.4 is 0 Å². The van der Waals surface area contributed by atoms with Gasteiger partial charge in [-0.2, -0.15) is 0 Å². The van der Waals surface area contributed by atoms with E-state index in [1.54, 1.807) is 11.3 Å². The van der Waals surface area contributed by atoms with Crippen LogP contribution in [0.5, 0.6) is 0 Å². The number of ketones is 1. The first-order chi connectivity index (χ1) is 7.26. The minimum atomic E-state index is -1.06. The maximum absolute atomic E-state index is 11.8. The number of carbonyl (C=O) groups is 1. The molecule has 0 atom stereocenters. The molecule has 0 bridgehead atoms. The Kier molecular flexibility index (Phi) is 1.86. The topological polar surface area (TPSA) is 35.5 Å². The van der Waals surface area contributed by atoms with E-state index in [-0.39, 0.29) is 5.78 Å². The van der Waals surface area contributed by atoms with E-state index in [1.807, 2.05) is 24.4 Å². The number of rotatable bonds is 1. The molecule has 0 amide bonds. The Labute approximate surface area is 91.3 Å². The molecule has 78 valence electrons. The van der Waals surface area contributed by atoms with Gasteiger partial charge in [0.15, 0.2) is 0 Å². The van der Waals surface area contributed by atoms with Crippen molar-refractivity contribution in [2.24, 2.45) is 0 Å². The second-order valence-electron chi connectivity index (χ2n) is 3.62. The van der Waals surface area contributed by atoms with Crippen LogP contribution in [0.3, 0.4) is 0 Å². The zero-order valence-electron chi connectivity index (χ0n) is 8.28. The van der Waals surface area contributed by atoms with Gasteiger partial charge in [0.25, 0.3) is 5.79 Å². The van der Waals surface area contributed by atoms with E-state index in [4.69, 9.17) is 9.47 Å². The van der Waals surface area contributed by atoms with Gasteiger partial charge in [0.05, 0.1) is 13.2 Å². The highest BCUT2D eigenvalue weighted by Crippen LogP contribution is 2.48. The van der Waals surface area contributed by atoms with Crippen molar-refractivity contribution >= 4 is 22.7 Å². The van der Waals surface area contributed by atoms with Crippen LogP contribution in [-0.4, -0.2) is 24.8 Å². The van der Waals surface area contributed by atoms with E-state index < -0.39 is 5.79 Å². The fourth-order valence-electron chi connectivity index (χ4n) is 2.11. The van der Waals surface area contributed by atoms with Crippen molar-refractivity contribution in [3.05, 3.63) is 28.0 Å². The molecule has 0 unspecified atom stereocenters.